The molecule has 0 saturated heterocycles. The molecule has 0 unspecified atom stereocenters. The van der Waals surface area contributed by atoms with Gasteiger partial charge in [-0.15, -0.1) is 0 Å². The van der Waals surface area contributed by atoms with Crippen LogP contribution in [0.1, 0.15) is 11.4 Å². The summed E-state index contributed by atoms with van der Waals surface area (Å²) < 4.78 is 0. The molecule has 12 heavy (non-hydrogen) atoms. The highest BCUT2D eigenvalue weighted by Crippen LogP contribution is 2.12. The summed E-state index contributed by atoms with van der Waals surface area (Å²) in [5, 5.41) is 2.32. The Labute approximate surface area is 71.3 Å². The van der Waals surface area contributed by atoms with Gasteiger partial charge in [-0.2, -0.15) is 0 Å². The highest BCUT2D eigenvalue weighted by Gasteiger charge is 1.94. The molecule has 0 saturated carbocycles. The fourth-order valence-electron chi connectivity index (χ4n) is 1.26. The summed E-state index contributed by atoms with van der Waals surface area (Å²) in [6.45, 7) is 3.99. The van der Waals surface area contributed by atoms with Crippen LogP contribution in [0.5, 0.6) is 0 Å². The normalized spacial score (nSPS) is 10.5. The number of fused-ring (bicyclic) bond motifs is 1. The number of rotatable bonds is 0. The van der Waals surface area contributed by atoms with Gasteiger partial charge in [0, 0.05) is 29.2 Å². The molecule has 0 aliphatic carbocycles. The molecule has 0 atom stereocenters. The van der Waals surface area contributed by atoms with Gasteiger partial charge < -0.3 is 0 Å². The van der Waals surface area contributed by atoms with Gasteiger partial charge in [0.2, 0.25) is 0 Å². The van der Waals surface area contributed by atoms with E-state index in [4.69, 9.17) is 0 Å². The Morgan fingerprint density at radius 2 is 1.33 bits per heavy atom. The zero-order valence-corrected chi connectivity index (χ0v) is 7.20. The van der Waals surface area contributed by atoms with Crippen molar-refractivity contribution in [3.05, 3.63) is 35.9 Å². The van der Waals surface area contributed by atoms with Crippen molar-refractivity contribution in [1.29, 1.82) is 0 Å². The first kappa shape index (κ1) is 7.22. The monoisotopic (exact) mass is 158 g/mol. The molecule has 2 heterocycles. The molecule has 0 aliphatic rings. The molecule has 2 aromatic rings. The van der Waals surface area contributed by atoms with Gasteiger partial charge >= 0.3 is 0 Å². The van der Waals surface area contributed by atoms with E-state index in [-0.39, 0.29) is 0 Å². The minimum atomic E-state index is 1.05. The van der Waals surface area contributed by atoms with Crippen molar-refractivity contribution in [2.45, 2.75) is 13.8 Å². The molecule has 60 valence electrons. The van der Waals surface area contributed by atoms with E-state index in [1.165, 1.54) is 5.39 Å². The molecule has 0 fully saturated rings. The van der Waals surface area contributed by atoms with E-state index in [0.29, 0.717) is 0 Å². The Kier molecular flexibility index (Phi) is 1.54. The second-order valence-corrected chi connectivity index (χ2v) is 3.00. The summed E-state index contributed by atoms with van der Waals surface area (Å²) >= 11 is 0. The van der Waals surface area contributed by atoms with Gasteiger partial charge in [-0.1, -0.05) is 0 Å². The number of hydrogen-bond donors (Lipinski definition) is 0. The van der Waals surface area contributed by atoms with Gasteiger partial charge in [-0.05, 0) is 31.4 Å². The van der Waals surface area contributed by atoms with Gasteiger partial charge in [-0.25, -0.2) is 0 Å². The van der Waals surface area contributed by atoms with Gasteiger partial charge in [0.15, 0.2) is 0 Å². The van der Waals surface area contributed by atoms with Crippen LogP contribution < -0.4 is 0 Å². The number of pyridine rings is 2. The molecule has 0 radical (unpaired) electrons. The SMILES string of the molecule is Cc1cc2cc(C)ncc2cn1. The largest absolute Gasteiger partial charge is 0.261 e. The lowest BCUT2D eigenvalue weighted by Crippen LogP contribution is -1.84. The molecular weight excluding hydrogens is 148 g/mol. The zero-order valence-electron chi connectivity index (χ0n) is 7.20. The predicted molar refractivity (Wildman–Crippen MR) is 49.0 cm³/mol. The van der Waals surface area contributed by atoms with Crippen LogP contribution in [0.25, 0.3) is 10.8 Å². The van der Waals surface area contributed by atoms with Crippen LogP contribution in [-0.2, 0) is 0 Å². The average molecular weight is 158 g/mol. The van der Waals surface area contributed by atoms with Crippen molar-refractivity contribution >= 4 is 10.8 Å². The molecule has 2 rings (SSSR count). The molecule has 2 heteroatoms. The van der Waals surface area contributed by atoms with Crippen LogP contribution in [0.2, 0.25) is 0 Å². The first-order valence-electron chi connectivity index (χ1n) is 3.95. The molecule has 0 aromatic carbocycles. The first-order chi connectivity index (χ1) is 5.75. The van der Waals surface area contributed by atoms with Crippen molar-refractivity contribution in [2.75, 3.05) is 0 Å². The maximum Gasteiger partial charge on any atom is 0.0379 e. The number of aromatic nitrogens is 2. The van der Waals surface area contributed by atoms with E-state index in [0.717, 1.165) is 16.8 Å². The predicted octanol–water partition coefficient (Wildman–Crippen LogP) is 2.25. The molecule has 0 N–H and O–H groups in total. The number of aryl methyl sites for hydroxylation is 2. The summed E-state index contributed by atoms with van der Waals surface area (Å²) in [5.74, 6) is 0. The van der Waals surface area contributed by atoms with Crippen LogP contribution >= 0.6 is 0 Å². The Balaban J connectivity index is 2.80. The Morgan fingerprint density at radius 1 is 0.833 bits per heavy atom. The summed E-state index contributed by atoms with van der Waals surface area (Å²) in [7, 11) is 0. The van der Waals surface area contributed by atoms with Crippen molar-refractivity contribution in [3.63, 3.8) is 0 Å². The third-order valence-electron chi connectivity index (χ3n) is 1.88. The van der Waals surface area contributed by atoms with Crippen LogP contribution in [-0.4, -0.2) is 9.97 Å². The van der Waals surface area contributed by atoms with Gasteiger partial charge in [0.25, 0.3) is 0 Å². The second kappa shape index (κ2) is 2.55. The van der Waals surface area contributed by atoms with E-state index < -0.39 is 0 Å². The Morgan fingerprint density at radius 3 is 1.83 bits per heavy atom. The van der Waals surface area contributed by atoms with E-state index in [9.17, 15) is 0 Å². The average Bonchev–Trinajstić information content (AvgIpc) is 2.03. The lowest BCUT2D eigenvalue weighted by Gasteiger charge is -1.98. The molecular formula is C10H10N2. The maximum atomic E-state index is 4.20. The molecule has 0 bridgehead atoms. The fraction of sp³-hybridized carbons (Fsp3) is 0.200. The van der Waals surface area contributed by atoms with Crippen molar-refractivity contribution in [2.24, 2.45) is 0 Å². The maximum absolute atomic E-state index is 4.20. The third-order valence-corrected chi connectivity index (χ3v) is 1.88. The molecule has 0 amide bonds. The molecule has 0 spiro atoms. The summed E-state index contributed by atoms with van der Waals surface area (Å²) in [6.07, 6.45) is 3.72. The second-order valence-electron chi connectivity index (χ2n) is 3.00. The highest BCUT2D eigenvalue weighted by atomic mass is 14.7. The third kappa shape index (κ3) is 1.16. The summed E-state index contributed by atoms with van der Waals surface area (Å²) in [4.78, 5) is 8.39. The zero-order chi connectivity index (χ0) is 8.55. The summed E-state index contributed by atoms with van der Waals surface area (Å²) in [6, 6.07) is 4.15. The first-order valence-corrected chi connectivity index (χ1v) is 3.95. The number of hydrogen-bond acceptors (Lipinski definition) is 2. The number of nitrogens with zero attached hydrogens (tertiary/aromatic N) is 2. The van der Waals surface area contributed by atoms with Crippen molar-refractivity contribution < 1.29 is 0 Å². The van der Waals surface area contributed by atoms with Crippen LogP contribution in [0.3, 0.4) is 0 Å². The highest BCUT2D eigenvalue weighted by molar-refractivity contribution is 5.81. The van der Waals surface area contributed by atoms with Gasteiger partial charge in [0.05, 0.1) is 0 Å². The Bertz CT molecular complexity index is 384. The van der Waals surface area contributed by atoms with Gasteiger partial charge in [-0.3, -0.25) is 9.97 Å². The van der Waals surface area contributed by atoms with Crippen molar-refractivity contribution in [1.82, 2.24) is 9.97 Å². The van der Waals surface area contributed by atoms with E-state index >= 15 is 0 Å². The lowest BCUT2D eigenvalue weighted by atomic mass is 10.2. The van der Waals surface area contributed by atoms with Crippen LogP contribution in [0.15, 0.2) is 24.5 Å². The molecule has 2 nitrogen and oxygen atoms in total. The molecule has 0 aliphatic heterocycles. The Hall–Kier alpha value is -1.44. The quantitative estimate of drug-likeness (QED) is 0.587. The van der Waals surface area contributed by atoms with E-state index in [2.05, 4.69) is 22.1 Å². The van der Waals surface area contributed by atoms with E-state index in [1.54, 1.807) is 0 Å². The van der Waals surface area contributed by atoms with E-state index in [1.807, 2.05) is 26.2 Å². The standard InChI is InChI=1S/C10H10N2/c1-7-3-9-4-8(2)12-6-10(9)5-11-7/h3-6H,1-2H3. The fourth-order valence-corrected chi connectivity index (χ4v) is 1.26. The van der Waals surface area contributed by atoms with Gasteiger partial charge in [0.1, 0.15) is 0 Å². The smallest absolute Gasteiger partial charge is 0.0379 e. The summed E-state index contributed by atoms with van der Waals surface area (Å²) in [5.41, 5.74) is 2.10. The van der Waals surface area contributed by atoms with Crippen LogP contribution in [0.4, 0.5) is 0 Å². The van der Waals surface area contributed by atoms with Crippen LogP contribution in [0, 0.1) is 13.8 Å². The molecule has 2 aromatic heterocycles. The van der Waals surface area contributed by atoms with Crippen molar-refractivity contribution in [3.8, 4) is 0 Å². The lowest BCUT2D eigenvalue weighted by molar-refractivity contribution is 1.19. The topological polar surface area (TPSA) is 25.8 Å². The minimum Gasteiger partial charge on any atom is -0.261 e. The minimum absolute atomic E-state index is 1.05.